The predicted octanol–water partition coefficient (Wildman–Crippen LogP) is 1.73. The molecule has 1 aliphatic rings. The fraction of sp³-hybridized carbons (Fsp3) is 0.500. The summed E-state index contributed by atoms with van der Waals surface area (Å²) in [6.45, 7) is 7.58. The van der Waals surface area contributed by atoms with E-state index in [0.717, 1.165) is 25.5 Å². The van der Waals surface area contributed by atoms with Crippen molar-refractivity contribution in [1.82, 2.24) is 19.9 Å². The van der Waals surface area contributed by atoms with Crippen LogP contribution in [0.5, 0.6) is 0 Å². The highest BCUT2D eigenvalue weighted by molar-refractivity contribution is 5.47. The van der Waals surface area contributed by atoms with Crippen LogP contribution in [-0.4, -0.2) is 52.7 Å². The summed E-state index contributed by atoms with van der Waals surface area (Å²) < 4.78 is 14.4. The fourth-order valence-corrected chi connectivity index (χ4v) is 2.78. The average molecular weight is 331 g/mol. The van der Waals surface area contributed by atoms with Crippen LogP contribution in [0.1, 0.15) is 19.5 Å². The summed E-state index contributed by atoms with van der Waals surface area (Å²) in [4.78, 5) is 21.0. The number of hydrogen-bond donors (Lipinski definition) is 1. The lowest BCUT2D eigenvalue weighted by Crippen LogP contribution is -2.47. The summed E-state index contributed by atoms with van der Waals surface area (Å²) in [5, 5.41) is 3.12. The molecule has 8 heteroatoms. The number of halogens is 1. The third-order valence-corrected chi connectivity index (χ3v) is 4.06. The van der Waals surface area contributed by atoms with Crippen LogP contribution >= 0.6 is 0 Å². The molecule has 3 heterocycles. The van der Waals surface area contributed by atoms with Crippen LogP contribution < -0.4 is 15.1 Å². The van der Waals surface area contributed by atoms with Crippen molar-refractivity contribution in [2.75, 3.05) is 47.8 Å². The molecule has 3 rings (SSSR count). The van der Waals surface area contributed by atoms with E-state index in [1.165, 1.54) is 6.33 Å². The van der Waals surface area contributed by atoms with Gasteiger partial charge in [0.15, 0.2) is 11.6 Å². The van der Waals surface area contributed by atoms with E-state index < -0.39 is 0 Å². The van der Waals surface area contributed by atoms with Crippen LogP contribution in [0, 0.1) is 5.82 Å². The summed E-state index contributed by atoms with van der Waals surface area (Å²) in [7, 11) is 0. The van der Waals surface area contributed by atoms with Crippen LogP contribution in [0.3, 0.4) is 0 Å². The summed E-state index contributed by atoms with van der Waals surface area (Å²) in [6, 6.07) is 1.90. The van der Waals surface area contributed by atoms with Gasteiger partial charge in [-0.2, -0.15) is 4.98 Å². The van der Waals surface area contributed by atoms with Crippen molar-refractivity contribution in [2.24, 2.45) is 0 Å². The second-order valence-corrected chi connectivity index (χ2v) is 5.55. The largest absolute Gasteiger partial charge is 0.354 e. The van der Waals surface area contributed by atoms with E-state index in [9.17, 15) is 4.39 Å². The number of piperazine rings is 1. The monoisotopic (exact) mass is 331 g/mol. The summed E-state index contributed by atoms with van der Waals surface area (Å²) >= 11 is 0. The Kier molecular flexibility index (Phi) is 5.02. The molecular formula is C16H22FN7. The number of hydrogen-bond acceptors (Lipinski definition) is 7. The van der Waals surface area contributed by atoms with Gasteiger partial charge in [-0.15, -0.1) is 0 Å². The lowest BCUT2D eigenvalue weighted by atomic mass is 10.2. The standard InChI is InChI=1S/C16H22FN7/c1-3-12-14(17)15(21-11-20-12)24-9-7-23(8-10-24)13-5-6-19-16(22-13)18-4-2/h5-6,11H,3-4,7-10H2,1-2H3,(H,18,19,22). The highest BCUT2D eigenvalue weighted by atomic mass is 19.1. The Labute approximate surface area is 141 Å². The zero-order valence-electron chi connectivity index (χ0n) is 14.0. The van der Waals surface area contributed by atoms with Crippen molar-refractivity contribution in [2.45, 2.75) is 20.3 Å². The van der Waals surface area contributed by atoms with Crippen molar-refractivity contribution in [3.8, 4) is 0 Å². The Balaban J connectivity index is 1.69. The Morgan fingerprint density at radius 3 is 2.54 bits per heavy atom. The molecule has 0 atom stereocenters. The Morgan fingerprint density at radius 2 is 1.83 bits per heavy atom. The van der Waals surface area contributed by atoms with Crippen molar-refractivity contribution in [3.05, 3.63) is 30.1 Å². The minimum atomic E-state index is -0.301. The van der Waals surface area contributed by atoms with E-state index in [4.69, 9.17) is 0 Å². The molecule has 0 bridgehead atoms. The van der Waals surface area contributed by atoms with Gasteiger partial charge < -0.3 is 15.1 Å². The zero-order valence-corrected chi connectivity index (χ0v) is 14.0. The van der Waals surface area contributed by atoms with E-state index in [0.29, 0.717) is 37.0 Å². The summed E-state index contributed by atoms with van der Waals surface area (Å²) in [6.07, 6.45) is 3.76. The molecule has 1 aliphatic heterocycles. The third kappa shape index (κ3) is 3.37. The van der Waals surface area contributed by atoms with Crippen LogP contribution in [0.2, 0.25) is 0 Å². The van der Waals surface area contributed by atoms with Crippen LogP contribution in [0.15, 0.2) is 18.6 Å². The number of nitrogens with one attached hydrogen (secondary N) is 1. The highest BCUT2D eigenvalue weighted by Crippen LogP contribution is 2.21. The third-order valence-electron chi connectivity index (χ3n) is 4.06. The molecule has 0 aromatic carbocycles. The van der Waals surface area contributed by atoms with Gasteiger partial charge in [-0.1, -0.05) is 6.92 Å². The van der Waals surface area contributed by atoms with Crippen molar-refractivity contribution in [3.63, 3.8) is 0 Å². The summed E-state index contributed by atoms with van der Waals surface area (Å²) in [5.41, 5.74) is 0.466. The molecule has 24 heavy (non-hydrogen) atoms. The maximum Gasteiger partial charge on any atom is 0.224 e. The first-order chi connectivity index (χ1) is 11.7. The predicted molar refractivity (Wildman–Crippen MR) is 92.0 cm³/mol. The molecule has 0 amide bonds. The molecule has 2 aromatic heterocycles. The zero-order chi connectivity index (χ0) is 16.9. The van der Waals surface area contributed by atoms with Crippen molar-refractivity contribution >= 4 is 17.6 Å². The van der Waals surface area contributed by atoms with Crippen molar-refractivity contribution < 1.29 is 4.39 Å². The molecule has 1 fully saturated rings. The molecule has 0 aliphatic carbocycles. The Bertz CT molecular complexity index is 686. The Hall–Kier alpha value is -2.51. The fourth-order valence-electron chi connectivity index (χ4n) is 2.78. The normalized spacial score (nSPS) is 14.8. The van der Waals surface area contributed by atoms with E-state index in [2.05, 4.69) is 30.2 Å². The Morgan fingerprint density at radius 1 is 1.08 bits per heavy atom. The highest BCUT2D eigenvalue weighted by Gasteiger charge is 2.23. The average Bonchev–Trinajstić information content (AvgIpc) is 2.63. The molecule has 0 spiro atoms. The lowest BCUT2D eigenvalue weighted by molar-refractivity contribution is 0.568. The molecular weight excluding hydrogens is 309 g/mol. The van der Waals surface area contributed by atoms with Gasteiger partial charge >= 0.3 is 0 Å². The number of anilines is 3. The number of aryl methyl sites for hydroxylation is 1. The first-order valence-electron chi connectivity index (χ1n) is 8.29. The minimum absolute atomic E-state index is 0.301. The number of aromatic nitrogens is 4. The van der Waals surface area contributed by atoms with E-state index in [1.807, 2.05) is 24.8 Å². The van der Waals surface area contributed by atoms with Crippen LogP contribution in [0.4, 0.5) is 22.0 Å². The first kappa shape index (κ1) is 16.4. The topological polar surface area (TPSA) is 70.1 Å². The molecule has 2 aromatic rings. The molecule has 0 unspecified atom stereocenters. The van der Waals surface area contributed by atoms with Gasteiger partial charge in [0.25, 0.3) is 0 Å². The molecule has 7 nitrogen and oxygen atoms in total. The minimum Gasteiger partial charge on any atom is -0.354 e. The van der Waals surface area contributed by atoms with Crippen LogP contribution in [-0.2, 0) is 6.42 Å². The second-order valence-electron chi connectivity index (χ2n) is 5.55. The number of nitrogens with zero attached hydrogens (tertiary/aromatic N) is 6. The summed E-state index contributed by atoms with van der Waals surface area (Å²) in [5.74, 6) is 1.62. The van der Waals surface area contributed by atoms with Gasteiger partial charge in [-0.05, 0) is 19.4 Å². The number of rotatable bonds is 5. The second kappa shape index (κ2) is 7.37. The molecule has 1 N–H and O–H groups in total. The van der Waals surface area contributed by atoms with Crippen LogP contribution in [0.25, 0.3) is 0 Å². The van der Waals surface area contributed by atoms with Gasteiger partial charge in [0.2, 0.25) is 5.95 Å². The van der Waals surface area contributed by atoms with Gasteiger partial charge in [0.1, 0.15) is 12.1 Å². The lowest BCUT2D eigenvalue weighted by Gasteiger charge is -2.36. The van der Waals surface area contributed by atoms with Gasteiger partial charge in [-0.25, -0.2) is 19.3 Å². The van der Waals surface area contributed by atoms with E-state index in [1.54, 1.807) is 6.20 Å². The van der Waals surface area contributed by atoms with Gasteiger partial charge in [-0.3, -0.25) is 0 Å². The molecule has 0 saturated carbocycles. The van der Waals surface area contributed by atoms with Crippen molar-refractivity contribution in [1.29, 1.82) is 0 Å². The smallest absolute Gasteiger partial charge is 0.224 e. The SMILES string of the molecule is CCNc1nccc(N2CCN(c3ncnc(CC)c3F)CC2)n1. The quantitative estimate of drug-likeness (QED) is 0.894. The first-order valence-corrected chi connectivity index (χ1v) is 8.29. The molecule has 0 radical (unpaired) electrons. The van der Waals surface area contributed by atoms with E-state index in [-0.39, 0.29) is 5.82 Å². The maximum absolute atomic E-state index is 14.4. The van der Waals surface area contributed by atoms with Gasteiger partial charge in [0.05, 0.1) is 5.69 Å². The van der Waals surface area contributed by atoms with E-state index >= 15 is 0 Å². The molecule has 1 saturated heterocycles. The maximum atomic E-state index is 14.4. The molecule has 128 valence electrons. The van der Waals surface area contributed by atoms with Gasteiger partial charge in [0, 0.05) is 38.9 Å².